The van der Waals surface area contributed by atoms with E-state index >= 15 is 0 Å². The summed E-state index contributed by atoms with van der Waals surface area (Å²) >= 11 is 0. The Morgan fingerprint density at radius 3 is 2.26 bits per heavy atom. The van der Waals surface area contributed by atoms with Crippen LogP contribution < -0.4 is 5.32 Å². The van der Waals surface area contributed by atoms with Crippen LogP contribution in [-0.4, -0.2) is 4.98 Å². The van der Waals surface area contributed by atoms with Gasteiger partial charge in [-0.25, -0.2) is 4.98 Å². The van der Waals surface area contributed by atoms with E-state index in [-0.39, 0.29) is 11.5 Å². The summed E-state index contributed by atoms with van der Waals surface area (Å²) in [6, 6.07) is 43.9. The summed E-state index contributed by atoms with van der Waals surface area (Å²) in [5.41, 5.74) is 13.5. The fourth-order valence-electron chi connectivity index (χ4n) is 6.73. The fraction of sp³-hybridized carbons (Fsp3) is 0.108. The number of pyridine rings is 1. The molecule has 0 saturated heterocycles. The molecular weight excluding hydrogens is 472 g/mol. The predicted octanol–water partition coefficient (Wildman–Crippen LogP) is 9.39. The van der Waals surface area contributed by atoms with E-state index in [4.69, 9.17) is 4.98 Å². The van der Waals surface area contributed by atoms with E-state index in [1.165, 1.54) is 49.7 Å². The molecule has 0 saturated carbocycles. The van der Waals surface area contributed by atoms with Crippen molar-refractivity contribution in [2.45, 2.75) is 25.3 Å². The molecule has 1 aliphatic heterocycles. The van der Waals surface area contributed by atoms with E-state index in [9.17, 15) is 0 Å². The molecule has 1 atom stereocenters. The van der Waals surface area contributed by atoms with Gasteiger partial charge in [-0.3, -0.25) is 0 Å². The number of hydrogen-bond acceptors (Lipinski definition) is 2. The topological polar surface area (TPSA) is 24.9 Å². The average molecular weight is 501 g/mol. The second-order valence-electron chi connectivity index (χ2n) is 11.3. The monoisotopic (exact) mass is 500 g/mol. The van der Waals surface area contributed by atoms with Crippen molar-refractivity contribution >= 4 is 16.5 Å². The maximum atomic E-state index is 5.34. The van der Waals surface area contributed by atoms with Gasteiger partial charge in [-0.2, -0.15) is 0 Å². The molecule has 0 radical (unpaired) electrons. The highest BCUT2D eigenvalue weighted by Crippen LogP contribution is 2.50. The first-order valence-corrected chi connectivity index (χ1v) is 13.7. The van der Waals surface area contributed by atoms with Crippen LogP contribution in [0.5, 0.6) is 0 Å². The summed E-state index contributed by atoms with van der Waals surface area (Å²) in [5.74, 6) is 0. The first-order valence-electron chi connectivity index (χ1n) is 13.7. The number of aromatic nitrogens is 1. The van der Waals surface area contributed by atoms with Gasteiger partial charge in [-0.1, -0.05) is 123 Å². The van der Waals surface area contributed by atoms with Crippen LogP contribution >= 0.6 is 0 Å². The van der Waals surface area contributed by atoms with Crippen molar-refractivity contribution in [1.82, 2.24) is 4.98 Å². The van der Waals surface area contributed by atoms with Gasteiger partial charge in [0.05, 0.1) is 17.4 Å². The average Bonchev–Trinajstić information content (AvgIpc) is 3.22. The van der Waals surface area contributed by atoms with Gasteiger partial charge in [0.1, 0.15) is 0 Å². The van der Waals surface area contributed by atoms with Crippen LogP contribution in [0.25, 0.3) is 44.4 Å². The summed E-state index contributed by atoms with van der Waals surface area (Å²) in [4.78, 5) is 5.34. The lowest BCUT2D eigenvalue weighted by Gasteiger charge is -2.31. The third kappa shape index (κ3) is 3.25. The number of benzene rings is 5. The highest BCUT2D eigenvalue weighted by atomic mass is 15.0. The highest BCUT2D eigenvalue weighted by molar-refractivity contribution is 5.96. The lowest BCUT2D eigenvalue weighted by atomic mass is 9.80. The Balaban J connectivity index is 1.30. The van der Waals surface area contributed by atoms with E-state index in [1.807, 2.05) is 0 Å². The minimum Gasteiger partial charge on any atom is -0.374 e. The van der Waals surface area contributed by atoms with E-state index in [0.717, 1.165) is 22.6 Å². The molecule has 1 aliphatic carbocycles. The van der Waals surface area contributed by atoms with Gasteiger partial charge in [0.2, 0.25) is 0 Å². The Morgan fingerprint density at radius 1 is 0.615 bits per heavy atom. The first kappa shape index (κ1) is 22.3. The molecule has 1 N–H and O–H groups in total. The second kappa shape index (κ2) is 8.15. The summed E-state index contributed by atoms with van der Waals surface area (Å²) in [5, 5.41) is 6.32. The number of nitrogens with zero attached hydrogens (tertiary/aromatic N) is 1. The van der Waals surface area contributed by atoms with Crippen molar-refractivity contribution in [2.24, 2.45) is 0 Å². The molecule has 39 heavy (non-hydrogen) atoms. The molecule has 6 aromatic rings. The predicted molar refractivity (Wildman–Crippen MR) is 162 cm³/mol. The normalized spacial score (nSPS) is 16.1. The zero-order valence-corrected chi connectivity index (χ0v) is 22.1. The van der Waals surface area contributed by atoms with Crippen molar-refractivity contribution in [1.29, 1.82) is 0 Å². The van der Waals surface area contributed by atoms with Crippen molar-refractivity contribution in [3.05, 3.63) is 144 Å². The molecule has 0 amide bonds. The molecule has 0 spiro atoms. The maximum Gasteiger partial charge on any atom is 0.0789 e. The number of para-hydroxylation sites is 1. The first-order chi connectivity index (χ1) is 19.1. The minimum absolute atomic E-state index is 0.0220. The van der Waals surface area contributed by atoms with Crippen molar-refractivity contribution < 1.29 is 0 Å². The zero-order valence-electron chi connectivity index (χ0n) is 22.1. The van der Waals surface area contributed by atoms with Crippen molar-refractivity contribution in [3.8, 4) is 33.6 Å². The Bertz CT molecular complexity index is 1930. The molecule has 1 aromatic heterocycles. The van der Waals surface area contributed by atoms with Crippen LogP contribution in [0.1, 0.15) is 42.1 Å². The van der Waals surface area contributed by atoms with E-state index < -0.39 is 0 Å². The maximum absolute atomic E-state index is 5.34. The number of nitrogens with one attached hydrogen (secondary N) is 1. The quantitative estimate of drug-likeness (QED) is 0.256. The van der Waals surface area contributed by atoms with Crippen LogP contribution in [0.15, 0.2) is 121 Å². The van der Waals surface area contributed by atoms with Crippen LogP contribution in [-0.2, 0) is 5.41 Å². The zero-order chi connectivity index (χ0) is 26.1. The standard InChI is InChI=1S/C37H28N2/c1-37(2)31-16-7-5-13-26(31)27-19-18-24(22-32(27)37)35-30-20-21-34(28-15-9-11-23-10-3-4-12-25(23)28)39-36(30)29-14-6-8-17-33(29)38-35/h3-22,35,38H,1-2H3. The smallest absolute Gasteiger partial charge is 0.0789 e. The fourth-order valence-corrected chi connectivity index (χ4v) is 6.73. The number of anilines is 1. The molecular formula is C37H28N2. The minimum atomic E-state index is -0.0339. The van der Waals surface area contributed by atoms with Crippen LogP contribution in [0.2, 0.25) is 0 Å². The number of hydrogen-bond donors (Lipinski definition) is 1. The molecule has 1 unspecified atom stereocenters. The molecule has 2 nitrogen and oxygen atoms in total. The van der Waals surface area contributed by atoms with E-state index in [2.05, 4.69) is 140 Å². The van der Waals surface area contributed by atoms with E-state index in [0.29, 0.717) is 0 Å². The summed E-state index contributed by atoms with van der Waals surface area (Å²) in [6.07, 6.45) is 0. The van der Waals surface area contributed by atoms with Gasteiger partial charge in [-0.15, -0.1) is 0 Å². The molecule has 2 heterocycles. The van der Waals surface area contributed by atoms with Gasteiger partial charge in [0.25, 0.3) is 0 Å². The van der Waals surface area contributed by atoms with Crippen molar-refractivity contribution in [3.63, 3.8) is 0 Å². The Labute approximate surface area is 229 Å². The highest BCUT2D eigenvalue weighted by Gasteiger charge is 2.36. The molecule has 0 bridgehead atoms. The van der Waals surface area contributed by atoms with Crippen LogP contribution in [0.3, 0.4) is 0 Å². The lowest BCUT2D eigenvalue weighted by Crippen LogP contribution is -2.20. The third-order valence-electron chi connectivity index (χ3n) is 8.73. The van der Waals surface area contributed by atoms with Gasteiger partial charge < -0.3 is 5.32 Å². The lowest BCUT2D eigenvalue weighted by molar-refractivity contribution is 0.658. The molecule has 0 fully saturated rings. The molecule has 5 aromatic carbocycles. The second-order valence-corrected chi connectivity index (χ2v) is 11.3. The molecule has 2 aliphatic rings. The molecule has 2 heteroatoms. The Morgan fingerprint density at radius 2 is 1.33 bits per heavy atom. The molecule has 186 valence electrons. The number of rotatable bonds is 2. The summed E-state index contributed by atoms with van der Waals surface area (Å²) < 4.78 is 0. The largest absolute Gasteiger partial charge is 0.374 e. The summed E-state index contributed by atoms with van der Waals surface area (Å²) in [6.45, 7) is 4.69. The van der Waals surface area contributed by atoms with Crippen molar-refractivity contribution in [2.75, 3.05) is 5.32 Å². The number of fused-ring (bicyclic) bond motifs is 7. The Hall–Kier alpha value is -4.69. The summed E-state index contributed by atoms with van der Waals surface area (Å²) in [7, 11) is 0. The Kier molecular flexibility index (Phi) is 4.66. The van der Waals surface area contributed by atoms with Gasteiger partial charge in [0, 0.05) is 27.8 Å². The SMILES string of the molecule is CC1(C)c2ccccc2-c2ccc(C3Nc4ccccc4-c4nc(-c5cccc6ccccc56)ccc43)cc21. The molecule has 8 rings (SSSR count). The van der Waals surface area contributed by atoms with Crippen LogP contribution in [0.4, 0.5) is 5.69 Å². The van der Waals surface area contributed by atoms with E-state index in [1.54, 1.807) is 0 Å². The van der Waals surface area contributed by atoms with Gasteiger partial charge >= 0.3 is 0 Å². The van der Waals surface area contributed by atoms with Gasteiger partial charge in [-0.05, 0) is 50.7 Å². The van der Waals surface area contributed by atoms with Crippen LogP contribution in [0, 0.1) is 0 Å². The van der Waals surface area contributed by atoms with Gasteiger partial charge in [0.15, 0.2) is 0 Å². The third-order valence-corrected chi connectivity index (χ3v) is 8.73.